The van der Waals surface area contributed by atoms with E-state index < -0.39 is 0 Å². The molecule has 1 saturated carbocycles. The number of rotatable bonds is 9. The van der Waals surface area contributed by atoms with Crippen molar-refractivity contribution in [3.05, 3.63) is 60.2 Å². The summed E-state index contributed by atoms with van der Waals surface area (Å²) < 4.78 is 11.4. The van der Waals surface area contributed by atoms with Gasteiger partial charge in [-0.15, -0.1) is 0 Å². The fourth-order valence-corrected chi connectivity index (χ4v) is 3.92. The van der Waals surface area contributed by atoms with Gasteiger partial charge in [-0.2, -0.15) is 0 Å². The molecule has 0 radical (unpaired) electrons. The predicted octanol–water partition coefficient (Wildman–Crippen LogP) is 2.61. The molecule has 0 heterocycles. The first kappa shape index (κ1) is 21.2. The Hall–Kier alpha value is -2.53. The number of likely N-dealkylation sites (N-methyl/N-ethyl adjacent to an activating group) is 1. The Kier molecular flexibility index (Phi) is 7.53. The third-order valence-electron chi connectivity index (χ3n) is 5.94. The van der Waals surface area contributed by atoms with Crippen LogP contribution in [0.25, 0.3) is 0 Å². The fourth-order valence-electron chi connectivity index (χ4n) is 3.92. The van der Waals surface area contributed by atoms with Gasteiger partial charge in [0, 0.05) is 12.8 Å². The minimum Gasteiger partial charge on any atom is -0.489 e. The van der Waals surface area contributed by atoms with Crippen molar-refractivity contribution in [3.8, 4) is 11.5 Å². The van der Waals surface area contributed by atoms with Crippen LogP contribution in [-0.2, 0) is 11.4 Å². The van der Waals surface area contributed by atoms with E-state index in [2.05, 4.69) is 19.4 Å². The SMILES string of the molecule is C[NH+](C)C1(CNC(=O)COc2ccc(OCc3ccccc3)cc2)CCCCC1. The van der Waals surface area contributed by atoms with Crippen molar-refractivity contribution < 1.29 is 19.2 Å². The van der Waals surface area contributed by atoms with E-state index in [1.807, 2.05) is 54.6 Å². The van der Waals surface area contributed by atoms with Gasteiger partial charge >= 0.3 is 0 Å². The average molecular weight is 398 g/mol. The number of hydrogen-bond donors (Lipinski definition) is 2. The zero-order valence-corrected chi connectivity index (χ0v) is 17.6. The normalized spacial score (nSPS) is 15.7. The highest BCUT2D eigenvalue weighted by Gasteiger charge is 2.38. The van der Waals surface area contributed by atoms with Crippen LogP contribution in [0.1, 0.15) is 37.7 Å². The van der Waals surface area contributed by atoms with E-state index in [0.29, 0.717) is 18.9 Å². The first-order valence-electron chi connectivity index (χ1n) is 10.5. The molecule has 3 rings (SSSR count). The molecular formula is C24H33N2O3+. The molecule has 1 aliphatic carbocycles. The molecule has 0 bridgehead atoms. The number of hydrogen-bond acceptors (Lipinski definition) is 3. The summed E-state index contributed by atoms with van der Waals surface area (Å²) in [5.41, 5.74) is 1.28. The maximum Gasteiger partial charge on any atom is 0.258 e. The van der Waals surface area contributed by atoms with E-state index in [9.17, 15) is 4.79 Å². The molecule has 0 aromatic heterocycles. The number of ether oxygens (including phenoxy) is 2. The molecule has 156 valence electrons. The van der Waals surface area contributed by atoms with Gasteiger partial charge in [0.2, 0.25) is 0 Å². The molecule has 0 saturated heterocycles. The molecule has 2 aromatic rings. The molecule has 0 spiro atoms. The number of carbonyl (C=O) groups is 1. The Morgan fingerprint density at radius 1 is 0.931 bits per heavy atom. The maximum absolute atomic E-state index is 12.3. The Bertz CT molecular complexity index is 753. The van der Waals surface area contributed by atoms with Gasteiger partial charge in [0.1, 0.15) is 23.6 Å². The Morgan fingerprint density at radius 3 is 2.17 bits per heavy atom. The molecular weight excluding hydrogens is 364 g/mol. The summed E-state index contributed by atoms with van der Waals surface area (Å²) in [4.78, 5) is 13.7. The minimum atomic E-state index is -0.0689. The Balaban J connectivity index is 1.41. The first-order chi connectivity index (χ1) is 14.1. The van der Waals surface area contributed by atoms with Crippen LogP contribution in [0.4, 0.5) is 0 Å². The molecule has 0 atom stereocenters. The second-order valence-corrected chi connectivity index (χ2v) is 8.15. The molecule has 29 heavy (non-hydrogen) atoms. The summed E-state index contributed by atoms with van der Waals surface area (Å²) in [5, 5.41) is 3.09. The van der Waals surface area contributed by atoms with Gasteiger partial charge in [-0.1, -0.05) is 36.8 Å². The summed E-state index contributed by atoms with van der Waals surface area (Å²) in [6.45, 7) is 1.27. The highest BCUT2D eigenvalue weighted by Crippen LogP contribution is 2.25. The highest BCUT2D eigenvalue weighted by molar-refractivity contribution is 5.77. The lowest BCUT2D eigenvalue weighted by Gasteiger charge is -2.39. The van der Waals surface area contributed by atoms with Gasteiger partial charge in [0.05, 0.1) is 20.6 Å². The first-order valence-corrected chi connectivity index (χ1v) is 10.5. The van der Waals surface area contributed by atoms with Crippen molar-refractivity contribution in [1.82, 2.24) is 5.32 Å². The molecule has 2 N–H and O–H groups in total. The highest BCUT2D eigenvalue weighted by atomic mass is 16.5. The third kappa shape index (κ3) is 6.23. The lowest BCUT2D eigenvalue weighted by atomic mass is 9.80. The van der Waals surface area contributed by atoms with Crippen LogP contribution in [0, 0.1) is 0 Å². The van der Waals surface area contributed by atoms with Crippen LogP contribution < -0.4 is 19.7 Å². The van der Waals surface area contributed by atoms with Gasteiger partial charge in [-0.3, -0.25) is 4.79 Å². The summed E-state index contributed by atoms with van der Waals surface area (Å²) in [6.07, 6.45) is 6.13. The second-order valence-electron chi connectivity index (χ2n) is 8.15. The topological polar surface area (TPSA) is 52.0 Å². The van der Waals surface area contributed by atoms with Gasteiger partial charge in [0.25, 0.3) is 5.91 Å². The minimum absolute atomic E-state index is 0.0308. The van der Waals surface area contributed by atoms with Gasteiger partial charge in [-0.25, -0.2) is 0 Å². The lowest BCUT2D eigenvalue weighted by molar-refractivity contribution is -0.916. The van der Waals surface area contributed by atoms with Gasteiger partial charge in [-0.05, 0) is 42.7 Å². The molecule has 1 aliphatic rings. The van der Waals surface area contributed by atoms with E-state index in [1.165, 1.54) is 37.0 Å². The number of quaternary nitrogens is 1. The van der Waals surface area contributed by atoms with E-state index in [4.69, 9.17) is 9.47 Å². The number of carbonyl (C=O) groups excluding carboxylic acids is 1. The van der Waals surface area contributed by atoms with Crippen molar-refractivity contribution in [2.45, 2.75) is 44.2 Å². The van der Waals surface area contributed by atoms with Crippen LogP contribution in [0.2, 0.25) is 0 Å². The van der Waals surface area contributed by atoms with Crippen molar-refractivity contribution in [1.29, 1.82) is 0 Å². The van der Waals surface area contributed by atoms with Gasteiger partial charge in [0.15, 0.2) is 6.61 Å². The summed E-state index contributed by atoms with van der Waals surface area (Å²) >= 11 is 0. The lowest BCUT2D eigenvalue weighted by Crippen LogP contribution is -3.16. The molecule has 1 amide bonds. The van der Waals surface area contributed by atoms with Crippen LogP contribution in [0.5, 0.6) is 11.5 Å². The van der Waals surface area contributed by atoms with Crippen molar-refractivity contribution in [2.24, 2.45) is 0 Å². The average Bonchev–Trinajstić information content (AvgIpc) is 2.77. The molecule has 5 nitrogen and oxygen atoms in total. The standard InChI is InChI=1S/C24H32N2O3/c1-26(2)24(15-7-4-8-16-24)19-25-23(27)18-29-22-13-11-21(12-14-22)28-17-20-9-5-3-6-10-20/h3,5-6,9-14H,4,7-8,15-19H2,1-2H3,(H,25,27)/p+1. The second kappa shape index (κ2) is 10.3. The summed E-state index contributed by atoms with van der Waals surface area (Å²) in [5.74, 6) is 1.37. The Morgan fingerprint density at radius 2 is 1.55 bits per heavy atom. The molecule has 2 aromatic carbocycles. The third-order valence-corrected chi connectivity index (χ3v) is 5.94. The Labute approximate surface area is 174 Å². The van der Waals surface area contributed by atoms with E-state index in [-0.39, 0.29) is 18.1 Å². The van der Waals surface area contributed by atoms with Crippen LogP contribution in [0.3, 0.4) is 0 Å². The fraction of sp³-hybridized carbons (Fsp3) is 0.458. The van der Waals surface area contributed by atoms with Crippen LogP contribution in [0.15, 0.2) is 54.6 Å². The molecule has 0 unspecified atom stereocenters. The van der Waals surface area contributed by atoms with Crippen molar-refractivity contribution >= 4 is 5.91 Å². The number of amides is 1. The largest absolute Gasteiger partial charge is 0.489 e. The molecule has 0 aliphatic heterocycles. The van der Waals surface area contributed by atoms with E-state index in [1.54, 1.807) is 0 Å². The van der Waals surface area contributed by atoms with Crippen molar-refractivity contribution in [2.75, 3.05) is 27.2 Å². The summed E-state index contributed by atoms with van der Waals surface area (Å²) in [7, 11) is 4.38. The van der Waals surface area contributed by atoms with Crippen LogP contribution in [-0.4, -0.2) is 38.7 Å². The summed E-state index contributed by atoms with van der Waals surface area (Å²) in [6, 6.07) is 17.4. The molecule has 1 fully saturated rings. The molecule has 5 heteroatoms. The zero-order chi connectivity index (χ0) is 20.5. The monoisotopic (exact) mass is 397 g/mol. The number of benzene rings is 2. The van der Waals surface area contributed by atoms with Crippen LogP contribution >= 0.6 is 0 Å². The van der Waals surface area contributed by atoms with Crippen molar-refractivity contribution in [3.63, 3.8) is 0 Å². The van der Waals surface area contributed by atoms with E-state index in [0.717, 1.165) is 11.3 Å². The maximum atomic E-state index is 12.3. The van der Waals surface area contributed by atoms with E-state index >= 15 is 0 Å². The number of nitrogens with one attached hydrogen (secondary N) is 2. The van der Waals surface area contributed by atoms with Gasteiger partial charge < -0.3 is 19.7 Å². The quantitative estimate of drug-likeness (QED) is 0.684. The predicted molar refractivity (Wildman–Crippen MR) is 114 cm³/mol. The zero-order valence-electron chi connectivity index (χ0n) is 17.6. The smallest absolute Gasteiger partial charge is 0.258 e.